The Labute approximate surface area is 89.8 Å². The van der Waals surface area contributed by atoms with Crippen LogP contribution >= 0.6 is 22.9 Å². The fraction of sp³-hybridized carbons (Fsp3) is 0. The van der Waals surface area contributed by atoms with Gasteiger partial charge in [-0.25, -0.2) is 4.98 Å². The average Bonchev–Trinajstić information content (AvgIpc) is 2.51. The lowest BCUT2D eigenvalue weighted by molar-refractivity contribution is 0.477. The van der Waals surface area contributed by atoms with Crippen molar-refractivity contribution in [1.82, 2.24) is 4.98 Å². The highest BCUT2D eigenvalue weighted by atomic mass is 35.5. The van der Waals surface area contributed by atoms with Crippen LogP contribution in [0.15, 0.2) is 23.6 Å². The number of phenolic OH excluding ortho intramolecular Hbond substituents is 1. The summed E-state index contributed by atoms with van der Waals surface area (Å²) in [5, 5.41) is 12.5. The second kappa shape index (κ2) is 3.48. The Morgan fingerprint density at radius 1 is 1.43 bits per heavy atom. The van der Waals surface area contributed by atoms with Crippen LogP contribution in [-0.4, -0.2) is 10.1 Å². The van der Waals surface area contributed by atoms with E-state index in [1.807, 2.05) is 0 Å². The third kappa shape index (κ3) is 1.66. The maximum absolute atomic E-state index is 9.60. The lowest BCUT2D eigenvalue weighted by Crippen LogP contribution is -1.83. The molecule has 0 unspecified atom stereocenters. The van der Waals surface area contributed by atoms with E-state index in [-0.39, 0.29) is 5.75 Å². The number of phenols is 1. The van der Waals surface area contributed by atoms with Gasteiger partial charge in [-0.05, 0) is 18.2 Å². The minimum Gasteiger partial charge on any atom is -0.507 e. The largest absolute Gasteiger partial charge is 0.507 e. The van der Waals surface area contributed by atoms with Crippen LogP contribution in [0, 0.1) is 0 Å². The Morgan fingerprint density at radius 2 is 2.21 bits per heavy atom. The number of hydrogen-bond acceptors (Lipinski definition) is 4. The molecule has 5 heteroatoms. The highest BCUT2D eigenvalue weighted by Gasteiger charge is 2.08. The Balaban J connectivity index is 2.52. The van der Waals surface area contributed by atoms with Crippen LogP contribution < -0.4 is 5.73 Å². The minimum atomic E-state index is 0.117. The SMILES string of the molecule is Nc1csc(-c2ccc(Cl)cc2O)n1. The van der Waals surface area contributed by atoms with E-state index < -0.39 is 0 Å². The summed E-state index contributed by atoms with van der Waals surface area (Å²) in [6.07, 6.45) is 0. The molecule has 0 aliphatic carbocycles. The number of anilines is 1. The molecule has 0 radical (unpaired) electrons. The van der Waals surface area contributed by atoms with Crippen LogP contribution in [-0.2, 0) is 0 Å². The fourth-order valence-corrected chi connectivity index (χ4v) is 2.00. The Morgan fingerprint density at radius 3 is 2.79 bits per heavy atom. The molecular weight excluding hydrogens is 220 g/mol. The maximum Gasteiger partial charge on any atom is 0.135 e. The van der Waals surface area contributed by atoms with Crippen molar-refractivity contribution in [2.75, 3.05) is 5.73 Å². The van der Waals surface area contributed by atoms with E-state index >= 15 is 0 Å². The number of nitrogens with zero attached hydrogens (tertiary/aromatic N) is 1. The molecule has 0 spiro atoms. The van der Waals surface area contributed by atoms with E-state index in [0.29, 0.717) is 21.4 Å². The van der Waals surface area contributed by atoms with Crippen molar-refractivity contribution < 1.29 is 5.11 Å². The molecular formula is C9H7ClN2OS. The number of rotatable bonds is 1. The van der Waals surface area contributed by atoms with E-state index in [2.05, 4.69) is 4.98 Å². The van der Waals surface area contributed by atoms with Gasteiger partial charge in [0, 0.05) is 10.4 Å². The lowest BCUT2D eigenvalue weighted by Gasteiger charge is -2.00. The number of aromatic hydroxyl groups is 1. The summed E-state index contributed by atoms with van der Waals surface area (Å²) in [6, 6.07) is 4.90. The topological polar surface area (TPSA) is 59.1 Å². The molecule has 0 amide bonds. The van der Waals surface area contributed by atoms with Gasteiger partial charge in [-0.3, -0.25) is 0 Å². The molecule has 1 heterocycles. The van der Waals surface area contributed by atoms with E-state index in [1.165, 1.54) is 17.4 Å². The van der Waals surface area contributed by atoms with Gasteiger partial charge in [0.25, 0.3) is 0 Å². The molecule has 1 aromatic heterocycles. The number of hydrogen-bond donors (Lipinski definition) is 2. The molecule has 0 aliphatic heterocycles. The molecule has 0 saturated heterocycles. The molecule has 0 atom stereocenters. The van der Waals surface area contributed by atoms with Gasteiger partial charge >= 0.3 is 0 Å². The second-order valence-electron chi connectivity index (χ2n) is 2.74. The summed E-state index contributed by atoms with van der Waals surface area (Å²) in [5.41, 5.74) is 6.14. The Hall–Kier alpha value is -1.26. The molecule has 2 aromatic rings. The first-order valence-corrected chi connectivity index (χ1v) is 5.12. The van der Waals surface area contributed by atoms with Gasteiger partial charge in [-0.1, -0.05) is 11.6 Å². The first-order chi connectivity index (χ1) is 6.66. The normalized spacial score (nSPS) is 10.4. The maximum atomic E-state index is 9.60. The smallest absolute Gasteiger partial charge is 0.135 e. The lowest BCUT2D eigenvalue weighted by atomic mass is 10.2. The summed E-state index contributed by atoms with van der Waals surface area (Å²) in [5.74, 6) is 0.575. The molecule has 2 rings (SSSR count). The van der Waals surface area contributed by atoms with Crippen LogP contribution in [0.5, 0.6) is 5.75 Å². The Kier molecular flexibility index (Phi) is 2.31. The van der Waals surface area contributed by atoms with Gasteiger partial charge in [0.2, 0.25) is 0 Å². The predicted octanol–water partition coefficient (Wildman–Crippen LogP) is 2.75. The van der Waals surface area contributed by atoms with Crippen LogP contribution in [0.1, 0.15) is 0 Å². The number of benzene rings is 1. The van der Waals surface area contributed by atoms with Gasteiger partial charge < -0.3 is 10.8 Å². The van der Waals surface area contributed by atoms with Gasteiger partial charge in [0.15, 0.2) is 0 Å². The van der Waals surface area contributed by atoms with E-state index in [1.54, 1.807) is 17.5 Å². The summed E-state index contributed by atoms with van der Waals surface area (Å²) >= 11 is 7.09. The highest BCUT2D eigenvalue weighted by molar-refractivity contribution is 7.13. The van der Waals surface area contributed by atoms with Gasteiger partial charge in [0.1, 0.15) is 16.6 Å². The number of aromatic nitrogens is 1. The van der Waals surface area contributed by atoms with Crippen molar-refractivity contribution in [3.8, 4) is 16.3 Å². The van der Waals surface area contributed by atoms with Crippen LogP contribution in [0.3, 0.4) is 0 Å². The molecule has 0 aliphatic rings. The molecule has 0 bridgehead atoms. The third-order valence-electron chi connectivity index (χ3n) is 1.71. The van der Waals surface area contributed by atoms with Gasteiger partial charge in [-0.15, -0.1) is 11.3 Å². The van der Waals surface area contributed by atoms with Crippen molar-refractivity contribution >= 4 is 28.8 Å². The van der Waals surface area contributed by atoms with Crippen LogP contribution in [0.25, 0.3) is 10.6 Å². The van der Waals surface area contributed by atoms with Crippen molar-refractivity contribution in [3.05, 3.63) is 28.6 Å². The van der Waals surface area contributed by atoms with Gasteiger partial charge in [0.05, 0.1) is 5.56 Å². The van der Waals surface area contributed by atoms with Crippen molar-refractivity contribution in [2.45, 2.75) is 0 Å². The molecule has 3 N–H and O–H groups in total. The summed E-state index contributed by atoms with van der Waals surface area (Å²) in [4.78, 5) is 4.06. The molecule has 72 valence electrons. The predicted molar refractivity (Wildman–Crippen MR) is 58.6 cm³/mol. The summed E-state index contributed by atoms with van der Waals surface area (Å²) in [6.45, 7) is 0. The average molecular weight is 227 g/mol. The molecule has 1 aromatic carbocycles. The third-order valence-corrected chi connectivity index (χ3v) is 2.84. The van der Waals surface area contributed by atoms with E-state index in [0.717, 1.165) is 0 Å². The van der Waals surface area contributed by atoms with Crippen molar-refractivity contribution in [1.29, 1.82) is 0 Å². The zero-order chi connectivity index (χ0) is 10.1. The summed E-state index contributed by atoms with van der Waals surface area (Å²) < 4.78 is 0. The van der Waals surface area contributed by atoms with E-state index in [9.17, 15) is 5.11 Å². The number of thiazole rings is 1. The monoisotopic (exact) mass is 226 g/mol. The molecule has 14 heavy (non-hydrogen) atoms. The molecule has 0 fully saturated rings. The minimum absolute atomic E-state index is 0.117. The zero-order valence-corrected chi connectivity index (χ0v) is 8.64. The summed E-state index contributed by atoms with van der Waals surface area (Å²) in [7, 11) is 0. The zero-order valence-electron chi connectivity index (χ0n) is 7.07. The molecule has 0 saturated carbocycles. The number of halogens is 1. The first kappa shape index (κ1) is 9.30. The number of nitrogen functional groups attached to an aromatic ring is 1. The fourth-order valence-electron chi connectivity index (χ4n) is 1.10. The second-order valence-corrected chi connectivity index (χ2v) is 4.03. The standard InChI is InChI=1S/C9H7ClN2OS/c10-5-1-2-6(7(13)3-5)9-12-8(11)4-14-9/h1-4,13H,11H2. The van der Waals surface area contributed by atoms with E-state index in [4.69, 9.17) is 17.3 Å². The quantitative estimate of drug-likeness (QED) is 0.786. The van der Waals surface area contributed by atoms with Crippen molar-refractivity contribution in [3.63, 3.8) is 0 Å². The first-order valence-electron chi connectivity index (χ1n) is 3.87. The highest BCUT2D eigenvalue weighted by Crippen LogP contribution is 2.33. The van der Waals surface area contributed by atoms with Gasteiger partial charge in [-0.2, -0.15) is 0 Å². The number of nitrogens with two attached hydrogens (primary N) is 1. The van der Waals surface area contributed by atoms with Crippen molar-refractivity contribution in [2.24, 2.45) is 0 Å². The van der Waals surface area contributed by atoms with Crippen LogP contribution in [0.4, 0.5) is 5.82 Å². The Bertz CT molecular complexity index is 470. The molecule has 3 nitrogen and oxygen atoms in total. The van der Waals surface area contributed by atoms with Crippen LogP contribution in [0.2, 0.25) is 5.02 Å².